The van der Waals surface area contributed by atoms with Gasteiger partial charge in [-0.25, -0.2) is 9.59 Å². The van der Waals surface area contributed by atoms with E-state index in [-0.39, 0.29) is 23.9 Å². The van der Waals surface area contributed by atoms with Gasteiger partial charge in [-0.1, -0.05) is 38.5 Å². The van der Waals surface area contributed by atoms with E-state index in [1.807, 2.05) is 0 Å². The molecular weight excluding hydrogens is 408 g/mol. The van der Waals surface area contributed by atoms with Gasteiger partial charge in [0.2, 0.25) is 5.91 Å². The molecule has 0 heterocycles. The molecule has 0 radical (unpaired) electrons. The quantitative estimate of drug-likeness (QED) is 0.370. The van der Waals surface area contributed by atoms with Crippen LogP contribution in [0.25, 0.3) is 0 Å². The number of carbonyl (C=O) groups is 3. The summed E-state index contributed by atoms with van der Waals surface area (Å²) in [7, 11) is 0. The molecule has 0 saturated heterocycles. The predicted molar refractivity (Wildman–Crippen MR) is 121 cm³/mol. The zero-order valence-electron chi connectivity index (χ0n) is 19.1. The SMILES string of the molecule is NC1CC(CC(NC(=O)N[C@H](CC2CCCCC2)C(=O)NC2CC3CCC2C3)C(=O)O)C1. The molecule has 6 N–H and O–H groups in total. The molecule has 8 heteroatoms. The first kappa shape index (κ1) is 23.3. The normalized spacial score (nSPS) is 33.7. The molecule has 0 aliphatic heterocycles. The van der Waals surface area contributed by atoms with Crippen molar-refractivity contribution in [2.24, 2.45) is 29.4 Å². The van der Waals surface area contributed by atoms with Crippen molar-refractivity contribution in [2.45, 2.75) is 108 Å². The highest BCUT2D eigenvalue weighted by molar-refractivity contribution is 5.89. The van der Waals surface area contributed by atoms with Gasteiger partial charge in [0.05, 0.1) is 0 Å². The molecule has 5 atom stereocenters. The molecule has 4 fully saturated rings. The molecule has 180 valence electrons. The predicted octanol–water partition coefficient (Wildman–Crippen LogP) is 2.51. The van der Waals surface area contributed by atoms with E-state index in [1.165, 1.54) is 38.5 Å². The molecule has 4 rings (SSSR count). The summed E-state index contributed by atoms with van der Waals surface area (Å²) >= 11 is 0. The highest BCUT2D eigenvalue weighted by atomic mass is 16.4. The fraction of sp³-hybridized carbons (Fsp3) is 0.875. The van der Waals surface area contributed by atoms with Gasteiger partial charge in [-0.15, -0.1) is 0 Å². The highest BCUT2D eigenvalue weighted by Gasteiger charge is 2.41. The maximum Gasteiger partial charge on any atom is 0.326 e. The van der Waals surface area contributed by atoms with E-state index in [0.717, 1.165) is 38.0 Å². The Morgan fingerprint density at radius 1 is 0.844 bits per heavy atom. The van der Waals surface area contributed by atoms with E-state index in [4.69, 9.17) is 5.73 Å². The standard InChI is InChI=1S/C24H40N4O4/c25-18-9-16(10-18)13-21(23(30)31)28-24(32)27-20(11-14-4-2-1-3-5-14)22(29)26-19-12-15-6-7-17(19)8-15/h14-21H,1-13,25H2,(H,26,29)(H,30,31)(H2,27,28,32)/t15?,16?,17?,18?,19?,20-,21?/m1/s1. The van der Waals surface area contributed by atoms with Gasteiger partial charge in [0, 0.05) is 12.1 Å². The van der Waals surface area contributed by atoms with Crippen molar-refractivity contribution in [3.63, 3.8) is 0 Å². The van der Waals surface area contributed by atoms with Crippen LogP contribution in [-0.4, -0.2) is 47.2 Å². The molecule has 2 bridgehead atoms. The second kappa shape index (κ2) is 10.4. The molecule has 4 saturated carbocycles. The monoisotopic (exact) mass is 448 g/mol. The van der Waals surface area contributed by atoms with Crippen molar-refractivity contribution in [3.8, 4) is 0 Å². The van der Waals surface area contributed by atoms with Crippen LogP contribution in [0.4, 0.5) is 4.79 Å². The zero-order chi connectivity index (χ0) is 22.7. The Morgan fingerprint density at radius 2 is 1.53 bits per heavy atom. The summed E-state index contributed by atoms with van der Waals surface area (Å²) in [6.07, 6.45) is 13.0. The van der Waals surface area contributed by atoms with Gasteiger partial charge in [-0.05, 0) is 68.6 Å². The van der Waals surface area contributed by atoms with Crippen molar-refractivity contribution >= 4 is 17.9 Å². The lowest BCUT2D eigenvalue weighted by Crippen LogP contribution is -2.56. The minimum absolute atomic E-state index is 0.111. The zero-order valence-corrected chi connectivity index (χ0v) is 19.1. The molecule has 0 spiro atoms. The molecule has 4 aliphatic rings. The lowest BCUT2D eigenvalue weighted by atomic mass is 9.77. The lowest BCUT2D eigenvalue weighted by Gasteiger charge is -2.34. The van der Waals surface area contributed by atoms with Gasteiger partial charge in [0.25, 0.3) is 0 Å². The Labute approximate surface area is 190 Å². The molecule has 4 aliphatic carbocycles. The van der Waals surface area contributed by atoms with Crippen molar-refractivity contribution in [2.75, 3.05) is 0 Å². The molecule has 8 nitrogen and oxygen atoms in total. The summed E-state index contributed by atoms with van der Waals surface area (Å²) in [6.45, 7) is 0. The Hall–Kier alpha value is -1.83. The Bertz CT molecular complexity index is 689. The van der Waals surface area contributed by atoms with Gasteiger partial charge in [-0.3, -0.25) is 4.79 Å². The maximum atomic E-state index is 13.2. The van der Waals surface area contributed by atoms with Crippen LogP contribution in [0.5, 0.6) is 0 Å². The number of hydrogen-bond acceptors (Lipinski definition) is 4. The summed E-state index contributed by atoms with van der Waals surface area (Å²) < 4.78 is 0. The van der Waals surface area contributed by atoms with Crippen LogP contribution in [0.15, 0.2) is 0 Å². The molecule has 0 aromatic rings. The van der Waals surface area contributed by atoms with Gasteiger partial charge in [-0.2, -0.15) is 0 Å². The number of carbonyl (C=O) groups excluding carboxylic acids is 2. The van der Waals surface area contributed by atoms with Crippen molar-refractivity contribution < 1.29 is 19.5 Å². The van der Waals surface area contributed by atoms with E-state index in [9.17, 15) is 19.5 Å². The topological polar surface area (TPSA) is 134 Å². The van der Waals surface area contributed by atoms with Crippen LogP contribution in [-0.2, 0) is 9.59 Å². The van der Waals surface area contributed by atoms with Crippen LogP contribution < -0.4 is 21.7 Å². The third kappa shape index (κ3) is 5.94. The average Bonchev–Trinajstić information content (AvgIpc) is 3.35. The first-order chi connectivity index (χ1) is 15.4. The van der Waals surface area contributed by atoms with Gasteiger partial charge < -0.3 is 26.8 Å². The van der Waals surface area contributed by atoms with Crippen molar-refractivity contribution in [1.29, 1.82) is 0 Å². The molecule has 0 aromatic heterocycles. The number of carboxylic acids is 1. The number of fused-ring (bicyclic) bond motifs is 2. The van der Waals surface area contributed by atoms with Gasteiger partial charge >= 0.3 is 12.0 Å². The second-order valence-electron chi connectivity index (χ2n) is 10.9. The third-order valence-electron chi connectivity index (χ3n) is 8.43. The minimum atomic E-state index is -1.05. The van der Waals surface area contributed by atoms with Gasteiger partial charge in [0.1, 0.15) is 12.1 Å². The largest absolute Gasteiger partial charge is 0.480 e. The number of aliphatic carboxylic acids is 1. The van der Waals surface area contributed by atoms with Crippen molar-refractivity contribution in [1.82, 2.24) is 16.0 Å². The summed E-state index contributed by atoms with van der Waals surface area (Å²) in [6, 6.07) is -1.79. The number of hydrogen-bond donors (Lipinski definition) is 5. The minimum Gasteiger partial charge on any atom is -0.480 e. The number of nitrogens with two attached hydrogens (primary N) is 1. The van der Waals surface area contributed by atoms with Crippen LogP contribution in [0, 0.1) is 23.7 Å². The van der Waals surface area contributed by atoms with Crippen molar-refractivity contribution in [3.05, 3.63) is 0 Å². The second-order valence-corrected chi connectivity index (χ2v) is 10.9. The summed E-state index contributed by atoms with van der Waals surface area (Å²) in [4.78, 5) is 37.6. The van der Waals surface area contributed by atoms with E-state index >= 15 is 0 Å². The van der Waals surface area contributed by atoms with E-state index < -0.39 is 24.1 Å². The van der Waals surface area contributed by atoms with Crippen LogP contribution in [0.1, 0.15) is 83.5 Å². The number of rotatable bonds is 9. The fourth-order valence-electron chi connectivity index (χ4n) is 6.59. The number of urea groups is 1. The first-order valence-electron chi connectivity index (χ1n) is 12.7. The lowest BCUT2D eigenvalue weighted by molar-refractivity contribution is -0.139. The Morgan fingerprint density at radius 3 is 2.12 bits per heavy atom. The highest BCUT2D eigenvalue weighted by Crippen LogP contribution is 2.44. The van der Waals surface area contributed by atoms with E-state index in [1.54, 1.807) is 0 Å². The van der Waals surface area contributed by atoms with E-state index in [2.05, 4.69) is 16.0 Å². The third-order valence-corrected chi connectivity index (χ3v) is 8.43. The average molecular weight is 449 g/mol. The molecule has 0 aromatic carbocycles. The number of carboxylic acid groups (broad SMARTS) is 1. The van der Waals surface area contributed by atoms with Gasteiger partial charge in [0.15, 0.2) is 0 Å². The first-order valence-corrected chi connectivity index (χ1v) is 12.7. The van der Waals surface area contributed by atoms with Crippen LogP contribution >= 0.6 is 0 Å². The number of nitrogens with one attached hydrogen (secondary N) is 3. The smallest absolute Gasteiger partial charge is 0.326 e. The summed E-state index contributed by atoms with van der Waals surface area (Å²) in [5, 5.41) is 18.2. The Kier molecular flexibility index (Phi) is 7.59. The fourth-order valence-corrected chi connectivity index (χ4v) is 6.59. The van der Waals surface area contributed by atoms with Crippen LogP contribution in [0.3, 0.4) is 0 Å². The molecule has 32 heavy (non-hydrogen) atoms. The van der Waals surface area contributed by atoms with E-state index in [0.29, 0.717) is 24.7 Å². The molecule has 4 unspecified atom stereocenters. The maximum absolute atomic E-state index is 13.2. The molecular formula is C24H40N4O4. The number of amides is 3. The summed E-state index contributed by atoms with van der Waals surface area (Å²) in [5.74, 6) is 0.792. The molecule has 3 amide bonds. The van der Waals surface area contributed by atoms with Crippen LogP contribution in [0.2, 0.25) is 0 Å². The Balaban J connectivity index is 1.34. The summed E-state index contributed by atoms with van der Waals surface area (Å²) in [5.41, 5.74) is 5.81.